The average molecular weight is 734 g/mol. The lowest BCUT2D eigenvalue weighted by Crippen LogP contribution is -2.03. The van der Waals surface area contributed by atoms with Crippen molar-refractivity contribution in [1.29, 1.82) is 0 Å². The molecule has 0 saturated heterocycles. The first-order chi connectivity index (χ1) is 27.3. The Balaban J connectivity index is 1.28. The van der Waals surface area contributed by atoms with E-state index in [4.69, 9.17) is 9.97 Å². The number of para-hydroxylation sites is 2. The fraction of sp³-hybridized carbons (Fsp3) is 0. The predicted molar refractivity (Wildman–Crippen MR) is 238 cm³/mol. The summed E-state index contributed by atoms with van der Waals surface area (Å²) in [7, 11) is 0. The van der Waals surface area contributed by atoms with Crippen LogP contribution in [0.3, 0.4) is 0 Å². The topological polar surface area (TPSA) is 30.7 Å². The first-order valence-electron chi connectivity index (χ1n) is 18.6. The van der Waals surface area contributed by atoms with Gasteiger partial charge in [0.2, 0.25) is 5.95 Å². The molecular formula is C50H27N3S2. The first-order valence-corrected chi connectivity index (χ1v) is 20.2. The number of hydrogen-bond donors (Lipinski definition) is 0. The van der Waals surface area contributed by atoms with Crippen LogP contribution in [0.15, 0.2) is 164 Å². The van der Waals surface area contributed by atoms with E-state index in [1.807, 2.05) is 22.7 Å². The van der Waals surface area contributed by atoms with Crippen molar-refractivity contribution in [1.82, 2.24) is 14.5 Å². The van der Waals surface area contributed by atoms with E-state index in [1.54, 1.807) is 0 Å². The molecular weight excluding hydrogens is 707 g/mol. The Kier molecular flexibility index (Phi) is 5.93. The van der Waals surface area contributed by atoms with Gasteiger partial charge in [0.1, 0.15) is 0 Å². The van der Waals surface area contributed by atoms with E-state index in [-0.39, 0.29) is 0 Å². The Morgan fingerprint density at radius 1 is 0.364 bits per heavy atom. The Bertz CT molecular complexity index is 3790. The molecule has 0 N–H and O–H groups in total. The summed E-state index contributed by atoms with van der Waals surface area (Å²) in [5, 5.41) is 16.3. The molecule has 0 aliphatic heterocycles. The summed E-state index contributed by atoms with van der Waals surface area (Å²) in [5.41, 5.74) is 5.26. The highest BCUT2D eigenvalue weighted by atomic mass is 32.1. The van der Waals surface area contributed by atoms with Gasteiger partial charge in [0.05, 0.1) is 26.9 Å². The summed E-state index contributed by atoms with van der Waals surface area (Å²) in [6, 6.07) is 59.5. The number of fused-ring (bicyclic) bond motifs is 19. The van der Waals surface area contributed by atoms with Gasteiger partial charge >= 0.3 is 0 Å². The summed E-state index contributed by atoms with van der Waals surface area (Å²) < 4.78 is 7.44. The van der Waals surface area contributed by atoms with Gasteiger partial charge in [0, 0.05) is 68.1 Å². The Hall–Kier alpha value is -6.66. The van der Waals surface area contributed by atoms with Crippen LogP contribution in [0, 0.1) is 0 Å². The Morgan fingerprint density at radius 3 is 1.65 bits per heavy atom. The van der Waals surface area contributed by atoms with Gasteiger partial charge in [0.25, 0.3) is 0 Å². The van der Waals surface area contributed by atoms with Crippen LogP contribution in [0.2, 0.25) is 0 Å². The van der Waals surface area contributed by atoms with Crippen molar-refractivity contribution in [3.05, 3.63) is 164 Å². The summed E-state index contributed by atoms with van der Waals surface area (Å²) >= 11 is 3.72. The smallest absolute Gasteiger partial charge is 0.235 e. The number of nitrogens with zero attached hydrogens (tertiary/aromatic N) is 3. The highest BCUT2D eigenvalue weighted by Gasteiger charge is 2.26. The maximum absolute atomic E-state index is 5.66. The van der Waals surface area contributed by atoms with Crippen molar-refractivity contribution in [2.24, 2.45) is 0 Å². The van der Waals surface area contributed by atoms with Crippen molar-refractivity contribution >= 4 is 128 Å². The lowest BCUT2D eigenvalue weighted by atomic mass is 9.89. The highest BCUT2D eigenvalue weighted by molar-refractivity contribution is 7.27. The van der Waals surface area contributed by atoms with Crippen LogP contribution in [-0.4, -0.2) is 14.5 Å². The molecule has 9 aromatic carbocycles. The van der Waals surface area contributed by atoms with Gasteiger partial charge < -0.3 is 0 Å². The fourth-order valence-electron chi connectivity index (χ4n) is 9.38. The molecule has 3 nitrogen and oxygen atoms in total. The van der Waals surface area contributed by atoms with Gasteiger partial charge in [0.15, 0.2) is 0 Å². The lowest BCUT2D eigenvalue weighted by Gasteiger charge is -2.15. The molecule has 0 unspecified atom stereocenters. The standard InChI is InChI=1S/C50H27N3S2/c1-3-16-30-28(14-1)29-15-2-4-17-31(29)44-43(30)45-33-19-6-10-24-38(33)53(48(45)49-46(44)35-21-8-12-26-40(35)55-49)50-51-37-23-9-5-18-32(37)47(52-50)36-22-13-27-41-42(36)34-20-7-11-25-39(34)54-41/h1-27H. The summed E-state index contributed by atoms with van der Waals surface area (Å²) in [6.45, 7) is 0. The molecule has 5 heteroatoms. The van der Waals surface area contributed by atoms with E-state index < -0.39 is 0 Å². The zero-order valence-corrected chi connectivity index (χ0v) is 30.9. The number of thiophene rings is 2. The van der Waals surface area contributed by atoms with E-state index in [1.165, 1.54) is 83.4 Å². The van der Waals surface area contributed by atoms with Crippen molar-refractivity contribution in [3.63, 3.8) is 0 Å². The lowest BCUT2D eigenvalue weighted by molar-refractivity contribution is 1.02. The van der Waals surface area contributed by atoms with Crippen LogP contribution in [0.1, 0.15) is 0 Å². The van der Waals surface area contributed by atoms with E-state index >= 15 is 0 Å². The minimum Gasteiger partial charge on any atom is -0.276 e. The summed E-state index contributed by atoms with van der Waals surface area (Å²) in [4.78, 5) is 11.1. The summed E-state index contributed by atoms with van der Waals surface area (Å²) in [6.07, 6.45) is 0. The van der Waals surface area contributed by atoms with Gasteiger partial charge in [-0.3, -0.25) is 4.57 Å². The molecule has 0 fully saturated rings. The second-order valence-electron chi connectivity index (χ2n) is 14.4. The van der Waals surface area contributed by atoms with E-state index in [0.29, 0.717) is 5.95 Å². The van der Waals surface area contributed by atoms with Gasteiger partial charge in [-0.25, -0.2) is 9.97 Å². The normalized spacial score (nSPS) is 12.4. The molecule has 0 radical (unpaired) electrons. The van der Waals surface area contributed by atoms with Crippen molar-refractivity contribution in [2.75, 3.05) is 0 Å². The van der Waals surface area contributed by atoms with Crippen LogP contribution in [0.5, 0.6) is 0 Å². The molecule has 0 saturated carbocycles. The predicted octanol–water partition coefficient (Wildman–Crippen LogP) is 14.6. The second-order valence-corrected chi connectivity index (χ2v) is 16.5. The number of benzene rings is 9. The molecule has 13 aromatic rings. The number of aromatic nitrogens is 3. The largest absolute Gasteiger partial charge is 0.276 e. The van der Waals surface area contributed by atoms with Crippen molar-refractivity contribution in [3.8, 4) is 17.2 Å². The SMILES string of the molecule is c1ccc2c(-c3cccc4sc5ccccc5c34)nc(-n3c4ccccc4c4c5c6ccccc6c6ccccc6c5c5c6ccccc6sc5c43)nc2c1. The third-order valence-corrected chi connectivity index (χ3v) is 13.9. The molecule has 0 aliphatic rings. The van der Waals surface area contributed by atoms with Crippen LogP contribution >= 0.6 is 22.7 Å². The number of rotatable bonds is 2. The van der Waals surface area contributed by atoms with Crippen LogP contribution in [-0.2, 0) is 0 Å². The Morgan fingerprint density at radius 2 is 0.909 bits per heavy atom. The molecule has 0 amide bonds. The molecule has 4 heterocycles. The van der Waals surface area contributed by atoms with Gasteiger partial charge in [-0.15, -0.1) is 22.7 Å². The third-order valence-electron chi connectivity index (χ3n) is 11.6. The van der Waals surface area contributed by atoms with Gasteiger partial charge in [-0.05, 0) is 51.9 Å². The Labute approximate surface area is 322 Å². The van der Waals surface area contributed by atoms with Crippen LogP contribution < -0.4 is 0 Å². The molecule has 4 aromatic heterocycles. The second kappa shape index (κ2) is 11.0. The molecule has 0 atom stereocenters. The molecule has 13 rings (SSSR count). The molecule has 254 valence electrons. The zero-order chi connectivity index (χ0) is 35.8. The van der Waals surface area contributed by atoms with Crippen LogP contribution in [0.4, 0.5) is 0 Å². The monoisotopic (exact) mass is 733 g/mol. The third kappa shape index (κ3) is 3.93. The summed E-state index contributed by atoms with van der Waals surface area (Å²) in [5.74, 6) is 0.680. The van der Waals surface area contributed by atoms with E-state index in [0.717, 1.165) is 33.2 Å². The zero-order valence-electron chi connectivity index (χ0n) is 29.2. The van der Waals surface area contributed by atoms with E-state index in [9.17, 15) is 0 Å². The number of hydrogen-bond acceptors (Lipinski definition) is 4. The van der Waals surface area contributed by atoms with Crippen molar-refractivity contribution < 1.29 is 0 Å². The molecule has 0 bridgehead atoms. The maximum Gasteiger partial charge on any atom is 0.235 e. The van der Waals surface area contributed by atoms with Crippen molar-refractivity contribution in [2.45, 2.75) is 0 Å². The molecule has 55 heavy (non-hydrogen) atoms. The minimum absolute atomic E-state index is 0.680. The van der Waals surface area contributed by atoms with E-state index in [2.05, 4.69) is 168 Å². The highest BCUT2D eigenvalue weighted by Crippen LogP contribution is 2.52. The molecule has 0 spiro atoms. The van der Waals surface area contributed by atoms with Gasteiger partial charge in [-0.1, -0.05) is 133 Å². The molecule has 0 aliphatic carbocycles. The van der Waals surface area contributed by atoms with Crippen LogP contribution in [0.25, 0.3) is 123 Å². The fourth-order valence-corrected chi connectivity index (χ4v) is 11.8. The average Bonchev–Trinajstić information content (AvgIpc) is 3.93. The van der Waals surface area contributed by atoms with Gasteiger partial charge in [-0.2, -0.15) is 0 Å². The quantitative estimate of drug-likeness (QED) is 0.166. The maximum atomic E-state index is 5.66. The minimum atomic E-state index is 0.680. The first kappa shape index (κ1) is 29.8.